The van der Waals surface area contributed by atoms with Crippen LogP contribution in [0.1, 0.15) is 18.7 Å². The van der Waals surface area contributed by atoms with Gasteiger partial charge in [-0.1, -0.05) is 18.2 Å². The van der Waals surface area contributed by atoms with Gasteiger partial charge < -0.3 is 19.4 Å². The zero-order valence-electron chi connectivity index (χ0n) is 14.1. The molecule has 2 saturated heterocycles. The van der Waals surface area contributed by atoms with Crippen molar-refractivity contribution in [1.29, 1.82) is 0 Å². The summed E-state index contributed by atoms with van der Waals surface area (Å²) in [5, 5.41) is 11.0. The van der Waals surface area contributed by atoms with Crippen molar-refractivity contribution in [2.24, 2.45) is 5.41 Å². The molecule has 1 unspecified atom stereocenters. The summed E-state index contributed by atoms with van der Waals surface area (Å²) in [6, 6.07) is 9.63. The summed E-state index contributed by atoms with van der Waals surface area (Å²) in [6.45, 7) is 3.66. The normalized spacial score (nSPS) is 22.6. The fourth-order valence-electron chi connectivity index (χ4n) is 3.52. The fraction of sp³-hybridized carbons (Fsp3) is 0.500. The van der Waals surface area contributed by atoms with Crippen molar-refractivity contribution in [1.82, 2.24) is 20.4 Å². The maximum absolute atomic E-state index is 12.3. The van der Waals surface area contributed by atoms with Gasteiger partial charge in [0.25, 0.3) is 0 Å². The van der Waals surface area contributed by atoms with Crippen molar-refractivity contribution in [3.05, 3.63) is 36.2 Å². The molecule has 0 radical (unpaired) electrons. The molecular weight excluding hydrogens is 320 g/mol. The second kappa shape index (κ2) is 6.84. The first kappa shape index (κ1) is 16.1. The molecule has 1 N–H and O–H groups in total. The van der Waals surface area contributed by atoms with Gasteiger partial charge in [0, 0.05) is 43.6 Å². The van der Waals surface area contributed by atoms with Crippen LogP contribution in [0.5, 0.6) is 0 Å². The molecule has 7 nitrogen and oxygen atoms in total. The number of benzene rings is 1. The van der Waals surface area contributed by atoms with Gasteiger partial charge in [-0.3, -0.25) is 0 Å². The van der Waals surface area contributed by atoms with Gasteiger partial charge in [0.1, 0.15) is 0 Å². The minimum atomic E-state index is -0.0217. The summed E-state index contributed by atoms with van der Waals surface area (Å²) < 4.78 is 11.2. The molecule has 1 aromatic carbocycles. The Labute approximate surface area is 146 Å². The first-order valence-electron chi connectivity index (χ1n) is 8.73. The summed E-state index contributed by atoms with van der Waals surface area (Å²) in [5.41, 5.74) is 1.08. The molecule has 1 aromatic heterocycles. The largest absolute Gasteiger partial charge is 0.421 e. The van der Waals surface area contributed by atoms with Crippen molar-refractivity contribution >= 4 is 6.03 Å². The average Bonchev–Trinajstić information content (AvgIpc) is 3.38. The third-order valence-corrected chi connectivity index (χ3v) is 5.01. The van der Waals surface area contributed by atoms with Crippen LogP contribution in [0.25, 0.3) is 11.5 Å². The number of urea groups is 1. The number of carbonyl (C=O) groups is 1. The quantitative estimate of drug-likeness (QED) is 0.920. The summed E-state index contributed by atoms with van der Waals surface area (Å²) >= 11 is 0. The second-order valence-corrected chi connectivity index (χ2v) is 6.82. The number of hydrogen-bond acceptors (Lipinski definition) is 5. The van der Waals surface area contributed by atoms with Crippen LogP contribution < -0.4 is 5.32 Å². The first-order chi connectivity index (χ1) is 12.2. The molecule has 0 bridgehead atoms. The number of ether oxygens (including phenoxy) is 1. The molecular formula is C18H22N4O3. The lowest BCUT2D eigenvalue weighted by Crippen LogP contribution is -2.40. The minimum absolute atomic E-state index is 0.0217. The lowest BCUT2D eigenvalue weighted by molar-refractivity contribution is 0.152. The highest BCUT2D eigenvalue weighted by atomic mass is 16.5. The van der Waals surface area contributed by atoms with E-state index in [1.54, 1.807) is 0 Å². The average molecular weight is 342 g/mol. The van der Waals surface area contributed by atoms with E-state index in [1.807, 2.05) is 35.2 Å². The van der Waals surface area contributed by atoms with Crippen LogP contribution in [0.2, 0.25) is 0 Å². The minimum Gasteiger partial charge on any atom is -0.421 e. The van der Waals surface area contributed by atoms with Gasteiger partial charge in [-0.25, -0.2) is 4.79 Å². The smallest absolute Gasteiger partial charge is 0.317 e. The molecule has 2 aliphatic heterocycles. The van der Waals surface area contributed by atoms with Crippen LogP contribution in [0.3, 0.4) is 0 Å². The molecule has 4 rings (SSSR count). The summed E-state index contributed by atoms with van der Waals surface area (Å²) in [7, 11) is 0. The number of rotatable bonds is 4. The van der Waals surface area contributed by atoms with E-state index >= 15 is 0 Å². The molecule has 1 atom stereocenters. The number of carbonyl (C=O) groups excluding carboxylic acids is 1. The standard InChI is InChI=1S/C18H22N4O3/c23-17(22-10-7-18(12-22)8-11-24-13-18)19-9-6-15-20-21-16(25-15)14-4-2-1-3-5-14/h1-5H,6-13H2,(H,19,23). The predicted octanol–water partition coefficient (Wildman–Crippen LogP) is 2.10. The molecule has 0 saturated carbocycles. The number of likely N-dealkylation sites (tertiary alicyclic amines) is 1. The van der Waals surface area contributed by atoms with Gasteiger partial charge in [0.2, 0.25) is 11.8 Å². The van der Waals surface area contributed by atoms with Gasteiger partial charge in [-0.05, 0) is 25.0 Å². The Kier molecular flexibility index (Phi) is 4.40. The van der Waals surface area contributed by atoms with Gasteiger partial charge in [0.15, 0.2) is 0 Å². The SMILES string of the molecule is O=C(NCCc1nnc(-c2ccccc2)o1)N1CCC2(CCOC2)C1. The number of nitrogens with one attached hydrogen (secondary N) is 1. The third kappa shape index (κ3) is 3.51. The van der Waals surface area contributed by atoms with Crippen LogP contribution in [-0.2, 0) is 11.2 Å². The summed E-state index contributed by atoms with van der Waals surface area (Å²) in [6.07, 6.45) is 2.61. The van der Waals surface area contributed by atoms with Gasteiger partial charge in [-0.2, -0.15) is 0 Å². The second-order valence-electron chi connectivity index (χ2n) is 6.82. The van der Waals surface area contributed by atoms with Gasteiger partial charge in [-0.15, -0.1) is 10.2 Å². The Balaban J connectivity index is 1.26. The Morgan fingerprint density at radius 1 is 1.24 bits per heavy atom. The Hall–Kier alpha value is -2.41. The van der Waals surface area contributed by atoms with Crippen molar-refractivity contribution in [3.63, 3.8) is 0 Å². The van der Waals surface area contributed by atoms with Crippen molar-refractivity contribution < 1.29 is 13.9 Å². The highest BCUT2D eigenvalue weighted by Crippen LogP contribution is 2.38. The Morgan fingerprint density at radius 3 is 2.92 bits per heavy atom. The van der Waals surface area contributed by atoms with E-state index in [9.17, 15) is 4.79 Å². The zero-order valence-corrected chi connectivity index (χ0v) is 14.1. The molecule has 2 fully saturated rings. The maximum Gasteiger partial charge on any atom is 0.317 e. The Bertz CT molecular complexity index is 725. The number of amides is 2. The summed E-state index contributed by atoms with van der Waals surface area (Å²) in [5.74, 6) is 1.03. The molecule has 132 valence electrons. The number of nitrogens with zero attached hydrogens (tertiary/aromatic N) is 3. The Morgan fingerprint density at radius 2 is 2.12 bits per heavy atom. The van der Waals surface area contributed by atoms with E-state index in [1.165, 1.54) is 0 Å². The van der Waals surface area contributed by atoms with Crippen LogP contribution in [0, 0.1) is 5.41 Å². The molecule has 2 aliphatic rings. The molecule has 7 heteroatoms. The van der Waals surface area contributed by atoms with E-state index in [2.05, 4.69) is 15.5 Å². The molecule has 1 spiro atoms. The van der Waals surface area contributed by atoms with Crippen LogP contribution in [0.4, 0.5) is 4.79 Å². The third-order valence-electron chi connectivity index (χ3n) is 5.01. The predicted molar refractivity (Wildman–Crippen MR) is 90.9 cm³/mol. The summed E-state index contributed by atoms with van der Waals surface area (Å²) in [4.78, 5) is 14.2. The molecule has 2 amide bonds. The molecule has 3 heterocycles. The van der Waals surface area contributed by atoms with E-state index in [0.29, 0.717) is 24.7 Å². The molecule has 0 aliphatic carbocycles. The van der Waals surface area contributed by atoms with Crippen molar-refractivity contribution in [3.8, 4) is 11.5 Å². The van der Waals surface area contributed by atoms with Crippen molar-refractivity contribution in [2.45, 2.75) is 19.3 Å². The topological polar surface area (TPSA) is 80.5 Å². The lowest BCUT2D eigenvalue weighted by atomic mass is 9.87. The number of hydrogen-bond donors (Lipinski definition) is 1. The van der Waals surface area contributed by atoms with Crippen molar-refractivity contribution in [2.75, 3.05) is 32.8 Å². The fourth-order valence-corrected chi connectivity index (χ4v) is 3.52. The van der Waals surface area contributed by atoms with Crippen LogP contribution in [0.15, 0.2) is 34.7 Å². The van der Waals surface area contributed by atoms with E-state index in [4.69, 9.17) is 9.15 Å². The highest BCUT2D eigenvalue weighted by Gasteiger charge is 2.42. The monoisotopic (exact) mass is 342 g/mol. The van der Waals surface area contributed by atoms with Crippen LogP contribution in [-0.4, -0.2) is 54.0 Å². The maximum atomic E-state index is 12.3. The van der Waals surface area contributed by atoms with Crippen LogP contribution >= 0.6 is 0 Å². The zero-order chi connectivity index (χ0) is 17.1. The first-order valence-corrected chi connectivity index (χ1v) is 8.73. The molecule has 25 heavy (non-hydrogen) atoms. The van der Waals surface area contributed by atoms with E-state index in [-0.39, 0.29) is 11.4 Å². The molecule has 2 aromatic rings. The van der Waals surface area contributed by atoms with E-state index < -0.39 is 0 Å². The van der Waals surface area contributed by atoms with Gasteiger partial charge in [0.05, 0.1) is 6.61 Å². The lowest BCUT2D eigenvalue weighted by Gasteiger charge is -2.22. The van der Waals surface area contributed by atoms with Gasteiger partial charge >= 0.3 is 6.03 Å². The van der Waals surface area contributed by atoms with E-state index in [0.717, 1.165) is 44.7 Å². The highest BCUT2D eigenvalue weighted by molar-refractivity contribution is 5.74. The number of aromatic nitrogens is 2.